The van der Waals surface area contributed by atoms with E-state index in [1.54, 1.807) is 0 Å². The molecule has 1 atom stereocenters. The van der Waals surface area contributed by atoms with Crippen molar-refractivity contribution in [2.75, 3.05) is 6.54 Å². The number of aromatic nitrogens is 2. The quantitative estimate of drug-likeness (QED) is 0.700. The van der Waals surface area contributed by atoms with Crippen LogP contribution >= 0.6 is 11.3 Å². The number of nitrogens with zero attached hydrogens (tertiary/aromatic N) is 2. The number of carbonyl (C=O) groups is 1. The minimum atomic E-state index is 0.0729. The maximum atomic E-state index is 13.1. The molecular weight excluding hydrogens is 358 g/mol. The van der Waals surface area contributed by atoms with E-state index < -0.39 is 0 Å². The van der Waals surface area contributed by atoms with Crippen molar-refractivity contribution >= 4 is 17.2 Å². The third kappa shape index (κ3) is 3.76. The summed E-state index contributed by atoms with van der Waals surface area (Å²) in [5.41, 5.74) is 3.08. The number of nitrogens with one attached hydrogen (secondary N) is 1. The number of hydrogen-bond acceptors (Lipinski definition) is 4. The minimum Gasteiger partial charge on any atom is -0.486 e. The second kappa shape index (κ2) is 7.56. The molecule has 1 fully saturated rings. The molecule has 0 radical (unpaired) electrons. The van der Waals surface area contributed by atoms with Crippen LogP contribution in [0, 0.1) is 13.8 Å². The summed E-state index contributed by atoms with van der Waals surface area (Å²) < 4.78 is 5.82. The van der Waals surface area contributed by atoms with Gasteiger partial charge in [0.1, 0.15) is 22.2 Å². The lowest BCUT2D eigenvalue weighted by Gasteiger charge is -2.23. The molecule has 1 aromatic carbocycles. The fraction of sp³-hybridized carbons (Fsp3) is 0.333. The van der Waals surface area contributed by atoms with Gasteiger partial charge in [-0.2, -0.15) is 0 Å². The van der Waals surface area contributed by atoms with Gasteiger partial charge in [-0.05, 0) is 51.0 Å². The van der Waals surface area contributed by atoms with E-state index in [2.05, 4.69) is 16.0 Å². The van der Waals surface area contributed by atoms with Gasteiger partial charge in [0.2, 0.25) is 0 Å². The summed E-state index contributed by atoms with van der Waals surface area (Å²) in [4.78, 5) is 23.6. The lowest BCUT2D eigenvalue weighted by Crippen LogP contribution is -2.30. The summed E-state index contributed by atoms with van der Waals surface area (Å²) in [6.07, 6.45) is 3.93. The van der Waals surface area contributed by atoms with Crippen LogP contribution in [0.5, 0.6) is 5.75 Å². The highest BCUT2D eigenvalue weighted by Gasteiger charge is 2.33. The number of thiazole rings is 1. The molecule has 3 aromatic rings. The van der Waals surface area contributed by atoms with E-state index >= 15 is 0 Å². The number of amides is 1. The van der Waals surface area contributed by atoms with Crippen molar-refractivity contribution in [3.05, 3.63) is 69.4 Å². The summed E-state index contributed by atoms with van der Waals surface area (Å²) >= 11 is 1.44. The van der Waals surface area contributed by atoms with Gasteiger partial charge in [-0.1, -0.05) is 17.7 Å². The van der Waals surface area contributed by atoms with Crippen LogP contribution in [-0.4, -0.2) is 27.3 Å². The maximum absolute atomic E-state index is 13.1. The molecule has 4 rings (SSSR count). The third-order valence-electron chi connectivity index (χ3n) is 4.91. The Balaban J connectivity index is 1.47. The molecule has 1 unspecified atom stereocenters. The van der Waals surface area contributed by atoms with E-state index in [0.717, 1.165) is 46.4 Å². The molecule has 0 saturated carbocycles. The van der Waals surface area contributed by atoms with E-state index in [1.165, 1.54) is 16.9 Å². The summed E-state index contributed by atoms with van der Waals surface area (Å²) in [5.74, 6) is 0.886. The van der Waals surface area contributed by atoms with Gasteiger partial charge < -0.3 is 14.6 Å². The number of benzene rings is 1. The molecule has 1 aliphatic heterocycles. The van der Waals surface area contributed by atoms with Crippen molar-refractivity contribution in [2.45, 2.75) is 39.3 Å². The van der Waals surface area contributed by atoms with Crippen molar-refractivity contribution in [2.24, 2.45) is 0 Å². The highest BCUT2D eigenvalue weighted by atomic mass is 32.1. The SMILES string of the molecule is Cc1ccc(OCc2nc(C)c(C(=O)N3CCCC3c3ccc[nH]3)s2)cc1. The Labute approximate surface area is 163 Å². The molecule has 27 heavy (non-hydrogen) atoms. The molecule has 0 aliphatic carbocycles. The molecule has 2 aromatic heterocycles. The first-order chi connectivity index (χ1) is 13.1. The number of likely N-dealkylation sites (tertiary alicyclic amines) is 1. The van der Waals surface area contributed by atoms with Crippen LogP contribution in [0.1, 0.15) is 50.5 Å². The predicted octanol–water partition coefficient (Wildman–Crippen LogP) is 4.64. The van der Waals surface area contributed by atoms with E-state index in [0.29, 0.717) is 6.61 Å². The molecule has 1 saturated heterocycles. The molecule has 0 bridgehead atoms. The van der Waals surface area contributed by atoms with Crippen LogP contribution in [0.4, 0.5) is 0 Å². The van der Waals surface area contributed by atoms with Gasteiger partial charge in [-0.3, -0.25) is 4.79 Å². The highest BCUT2D eigenvalue weighted by molar-refractivity contribution is 7.13. The second-order valence-corrected chi connectivity index (χ2v) is 7.99. The van der Waals surface area contributed by atoms with Gasteiger partial charge in [-0.15, -0.1) is 11.3 Å². The standard InChI is InChI=1S/C21H23N3O2S/c1-14-7-9-16(10-8-14)26-13-19-23-15(2)20(27-19)21(25)24-12-4-6-18(24)17-5-3-11-22-17/h3,5,7-11,18,22H,4,6,12-13H2,1-2H3. The van der Waals surface area contributed by atoms with Gasteiger partial charge in [0.25, 0.3) is 5.91 Å². The van der Waals surface area contributed by atoms with E-state index in [9.17, 15) is 4.79 Å². The Kier molecular flexibility index (Phi) is 4.99. The fourth-order valence-corrected chi connectivity index (χ4v) is 4.44. The molecule has 3 heterocycles. The zero-order valence-corrected chi connectivity index (χ0v) is 16.4. The van der Waals surface area contributed by atoms with Crippen molar-refractivity contribution in [3.63, 3.8) is 0 Å². The first-order valence-electron chi connectivity index (χ1n) is 9.22. The Morgan fingerprint density at radius 1 is 1.30 bits per heavy atom. The average Bonchev–Trinajstić information content (AvgIpc) is 3.41. The Morgan fingerprint density at radius 2 is 2.11 bits per heavy atom. The number of rotatable bonds is 5. The number of ether oxygens (including phenoxy) is 1. The Hall–Kier alpha value is -2.60. The van der Waals surface area contributed by atoms with Crippen LogP contribution in [0.2, 0.25) is 0 Å². The average molecular weight is 382 g/mol. The molecule has 5 nitrogen and oxygen atoms in total. The summed E-state index contributed by atoms with van der Waals surface area (Å²) in [6.45, 7) is 5.11. The Bertz CT molecular complexity index is 916. The number of carbonyl (C=O) groups excluding carboxylic acids is 1. The summed E-state index contributed by atoms with van der Waals surface area (Å²) in [6, 6.07) is 12.1. The maximum Gasteiger partial charge on any atom is 0.266 e. The minimum absolute atomic E-state index is 0.0729. The highest BCUT2D eigenvalue weighted by Crippen LogP contribution is 2.34. The fourth-order valence-electron chi connectivity index (χ4n) is 3.51. The van der Waals surface area contributed by atoms with Crippen molar-refractivity contribution < 1.29 is 9.53 Å². The zero-order chi connectivity index (χ0) is 18.8. The Morgan fingerprint density at radius 3 is 2.85 bits per heavy atom. The number of aromatic amines is 1. The summed E-state index contributed by atoms with van der Waals surface area (Å²) in [7, 11) is 0. The number of H-pyrrole nitrogens is 1. The lowest BCUT2D eigenvalue weighted by atomic mass is 10.1. The molecule has 1 aliphatic rings. The van der Waals surface area contributed by atoms with Gasteiger partial charge in [-0.25, -0.2) is 4.98 Å². The molecular formula is C21H23N3O2S. The normalized spacial score (nSPS) is 16.7. The van der Waals surface area contributed by atoms with Gasteiger partial charge in [0.05, 0.1) is 11.7 Å². The molecule has 6 heteroatoms. The monoisotopic (exact) mass is 381 g/mol. The third-order valence-corrected chi connectivity index (χ3v) is 6.03. The van der Waals surface area contributed by atoms with Crippen LogP contribution < -0.4 is 4.74 Å². The lowest BCUT2D eigenvalue weighted by molar-refractivity contribution is 0.0737. The largest absolute Gasteiger partial charge is 0.486 e. The molecule has 1 N–H and O–H groups in total. The molecule has 0 spiro atoms. The van der Waals surface area contributed by atoms with Gasteiger partial charge in [0.15, 0.2) is 0 Å². The van der Waals surface area contributed by atoms with Gasteiger partial charge >= 0.3 is 0 Å². The van der Waals surface area contributed by atoms with Crippen LogP contribution in [0.25, 0.3) is 0 Å². The van der Waals surface area contributed by atoms with Crippen LogP contribution in [0.3, 0.4) is 0 Å². The first kappa shape index (κ1) is 17.8. The molecule has 1 amide bonds. The second-order valence-electron chi connectivity index (χ2n) is 6.91. The van der Waals surface area contributed by atoms with Crippen molar-refractivity contribution in [1.82, 2.24) is 14.9 Å². The first-order valence-corrected chi connectivity index (χ1v) is 10.0. The van der Waals surface area contributed by atoms with Crippen LogP contribution in [-0.2, 0) is 6.61 Å². The smallest absolute Gasteiger partial charge is 0.266 e. The topological polar surface area (TPSA) is 58.2 Å². The zero-order valence-electron chi connectivity index (χ0n) is 15.6. The summed E-state index contributed by atoms with van der Waals surface area (Å²) in [5, 5.41) is 0.826. The van der Waals surface area contributed by atoms with E-state index in [4.69, 9.17) is 4.74 Å². The predicted molar refractivity (Wildman–Crippen MR) is 106 cm³/mol. The van der Waals surface area contributed by atoms with Crippen molar-refractivity contribution in [1.29, 1.82) is 0 Å². The number of hydrogen-bond donors (Lipinski definition) is 1. The van der Waals surface area contributed by atoms with E-state index in [-0.39, 0.29) is 11.9 Å². The van der Waals surface area contributed by atoms with Crippen LogP contribution in [0.15, 0.2) is 42.6 Å². The molecule has 140 valence electrons. The number of aryl methyl sites for hydroxylation is 2. The van der Waals surface area contributed by atoms with Gasteiger partial charge in [0, 0.05) is 18.4 Å². The van der Waals surface area contributed by atoms with Crippen molar-refractivity contribution in [3.8, 4) is 5.75 Å². The van der Waals surface area contributed by atoms with E-state index in [1.807, 2.05) is 55.3 Å².